The molecule has 0 spiro atoms. The molecule has 0 saturated carbocycles. The van der Waals surface area contributed by atoms with E-state index in [0.29, 0.717) is 16.4 Å². The zero-order valence-electron chi connectivity index (χ0n) is 16.9. The first kappa shape index (κ1) is 26.7. The van der Waals surface area contributed by atoms with Crippen LogP contribution in [0.2, 0.25) is 0 Å². The van der Waals surface area contributed by atoms with Crippen LogP contribution in [0, 0.1) is 10.7 Å². The topological polar surface area (TPSA) is 125 Å². The molecule has 0 aliphatic heterocycles. The van der Waals surface area contributed by atoms with E-state index in [1.807, 2.05) is 67.8 Å². The summed E-state index contributed by atoms with van der Waals surface area (Å²) in [6.45, 7) is -0.798. The number of carbonyl (C=O) groups is 4. The van der Waals surface area contributed by atoms with Gasteiger partial charge in [-0.1, -0.05) is 18.2 Å². The second-order valence-electron chi connectivity index (χ2n) is 6.25. The van der Waals surface area contributed by atoms with Crippen molar-refractivity contribution in [1.82, 2.24) is 5.32 Å². The summed E-state index contributed by atoms with van der Waals surface area (Å²) in [6.07, 6.45) is 0. The molecule has 0 fully saturated rings. The molecular formula is C20H18I3N3O6. The number of hydrogen-bond donors (Lipinski definition) is 3. The molecule has 2 rings (SSSR count). The maximum absolute atomic E-state index is 13.6. The van der Waals surface area contributed by atoms with Crippen LogP contribution in [0.15, 0.2) is 30.3 Å². The van der Waals surface area contributed by atoms with E-state index in [2.05, 4.69) is 10.6 Å². The van der Waals surface area contributed by atoms with Crippen molar-refractivity contribution in [2.24, 2.45) is 0 Å². The van der Waals surface area contributed by atoms with Gasteiger partial charge >= 0.3 is 5.97 Å². The van der Waals surface area contributed by atoms with Crippen LogP contribution in [0.25, 0.3) is 0 Å². The van der Waals surface area contributed by atoms with Gasteiger partial charge in [0.15, 0.2) is 0 Å². The third-order valence-electron chi connectivity index (χ3n) is 4.13. The zero-order valence-corrected chi connectivity index (χ0v) is 23.3. The number of aliphatic carboxylic acids is 1. The summed E-state index contributed by atoms with van der Waals surface area (Å²) in [6, 6.07) is 8.36. The van der Waals surface area contributed by atoms with Crippen molar-refractivity contribution in [2.75, 3.05) is 37.5 Å². The fraction of sp³-hybridized carbons (Fsp3) is 0.200. The molecular weight excluding hydrogens is 759 g/mol. The van der Waals surface area contributed by atoms with E-state index < -0.39 is 30.2 Å². The van der Waals surface area contributed by atoms with Crippen LogP contribution in [-0.4, -0.2) is 56.1 Å². The van der Waals surface area contributed by atoms with Gasteiger partial charge in [0, 0.05) is 23.4 Å². The molecule has 0 bridgehead atoms. The summed E-state index contributed by atoms with van der Waals surface area (Å²) in [5, 5.41) is 14.6. The fourth-order valence-electron chi connectivity index (χ4n) is 2.75. The molecule has 9 nitrogen and oxygen atoms in total. The number of nitrogens with zero attached hydrogens (tertiary/aromatic N) is 1. The number of hydrogen-bond acceptors (Lipinski definition) is 5. The van der Waals surface area contributed by atoms with Crippen LogP contribution in [0.3, 0.4) is 0 Å². The van der Waals surface area contributed by atoms with E-state index >= 15 is 0 Å². The number of halogens is 3. The van der Waals surface area contributed by atoms with Gasteiger partial charge in [-0.25, -0.2) is 0 Å². The quantitative estimate of drug-likeness (QED) is 0.354. The number of para-hydroxylation sites is 1. The van der Waals surface area contributed by atoms with Crippen LogP contribution in [-0.2, 0) is 14.3 Å². The van der Waals surface area contributed by atoms with E-state index in [9.17, 15) is 24.3 Å². The van der Waals surface area contributed by atoms with E-state index in [4.69, 9.17) is 4.74 Å². The minimum Gasteiger partial charge on any atom is -0.480 e. The molecule has 2 aromatic rings. The first-order valence-corrected chi connectivity index (χ1v) is 12.2. The second kappa shape index (κ2) is 12.1. The van der Waals surface area contributed by atoms with Gasteiger partial charge in [0.2, 0.25) is 5.91 Å². The second-order valence-corrected chi connectivity index (χ2v) is 9.48. The Bertz CT molecular complexity index is 1060. The van der Waals surface area contributed by atoms with Crippen molar-refractivity contribution in [3.05, 3.63) is 52.2 Å². The maximum Gasteiger partial charge on any atom is 0.323 e. The lowest BCUT2D eigenvalue weighted by Crippen LogP contribution is -2.37. The Balaban J connectivity index is 2.76. The predicted octanol–water partition coefficient (Wildman–Crippen LogP) is 3.18. The van der Waals surface area contributed by atoms with Crippen molar-refractivity contribution in [3.8, 4) is 0 Å². The van der Waals surface area contributed by atoms with Crippen LogP contribution >= 0.6 is 67.8 Å². The van der Waals surface area contributed by atoms with Crippen LogP contribution in [0.5, 0.6) is 0 Å². The third kappa shape index (κ3) is 6.07. The van der Waals surface area contributed by atoms with Crippen molar-refractivity contribution < 1.29 is 29.0 Å². The van der Waals surface area contributed by atoms with Crippen molar-refractivity contribution in [2.45, 2.75) is 0 Å². The molecule has 0 aliphatic carbocycles. The Morgan fingerprint density at radius 2 is 1.59 bits per heavy atom. The highest BCUT2D eigenvalue weighted by Gasteiger charge is 2.31. The smallest absolute Gasteiger partial charge is 0.323 e. The van der Waals surface area contributed by atoms with Crippen molar-refractivity contribution in [1.29, 1.82) is 0 Å². The minimum absolute atomic E-state index is 0.114. The third-order valence-corrected chi connectivity index (χ3v) is 7.37. The van der Waals surface area contributed by atoms with Crippen molar-refractivity contribution >= 4 is 103 Å². The van der Waals surface area contributed by atoms with E-state index in [0.717, 1.165) is 4.90 Å². The van der Waals surface area contributed by atoms with E-state index in [-0.39, 0.29) is 23.4 Å². The van der Waals surface area contributed by atoms with Gasteiger partial charge in [-0.05, 0) is 79.9 Å². The first-order valence-electron chi connectivity index (χ1n) is 8.94. The summed E-state index contributed by atoms with van der Waals surface area (Å²) < 4.78 is 6.03. The molecule has 12 heteroatoms. The van der Waals surface area contributed by atoms with E-state index in [1.54, 1.807) is 30.3 Å². The number of anilines is 2. The molecule has 170 valence electrons. The van der Waals surface area contributed by atoms with Crippen LogP contribution in [0.4, 0.5) is 11.4 Å². The fourth-order valence-corrected chi connectivity index (χ4v) is 7.14. The lowest BCUT2D eigenvalue weighted by molar-refractivity contribution is -0.135. The number of amides is 3. The monoisotopic (exact) mass is 777 g/mol. The largest absolute Gasteiger partial charge is 0.480 e. The Kier molecular flexibility index (Phi) is 10.1. The molecule has 0 heterocycles. The highest BCUT2D eigenvalue weighted by molar-refractivity contribution is 14.1. The number of nitrogens with one attached hydrogen (secondary N) is 2. The summed E-state index contributed by atoms with van der Waals surface area (Å²) >= 11 is 5.75. The lowest BCUT2D eigenvalue weighted by Gasteiger charge is -2.25. The zero-order chi connectivity index (χ0) is 24.0. The number of benzene rings is 2. The molecule has 3 amide bonds. The first-order chi connectivity index (χ1) is 15.1. The number of ether oxygens (including phenoxy) is 1. The highest BCUT2D eigenvalue weighted by atomic mass is 127. The van der Waals surface area contributed by atoms with Gasteiger partial charge in [0.25, 0.3) is 11.8 Å². The average molecular weight is 777 g/mol. The van der Waals surface area contributed by atoms with Crippen LogP contribution < -0.4 is 15.5 Å². The van der Waals surface area contributed by atoms with Gasteiger partial charge in [-0.3, -0.25) is 24.1 Å². The molecule has 0 unspecified atom stereocenters. The summed E-state index contributed by atoms with van der Waals surface area (Å²) in [5.41, 5.74) is 0.979. The van der Waals surface area contributed by atoms with Crippen molar-refractivity contribution in [3.63, 3.8) is 0 Å². The Hall–Kier alpha value is -1.53. The molecule has 0 radical (unpaired) electrons. The van der Waals surface area contributed by atoms with Crippen LogP contribution in [0.1, 0.15) is 20.7 Å². The Morgan fingerprint density at radius 3 is 2.12 bits per heavy atom. The summed E-state index contributed by atoms with van der Waals surface area (Å²) in [5.74, 6) is -2.72. The summed E-state index contributed by atoms with van der Waals surface area (Å²) in [7, 11) is 2.83. The Labute approximate surface area is 225 Å². The maximum atomic E-state index is 13.6. The number of carboxylic acids is 1. The number of carboxylic acid groups (broad SMARTS) is 1. The molecule has 0 aliphatic rings. The standard InChI is InChI=1S/C20H18I3N3O6/c1-24-19(30)13-15(21)14(17(23)18(16(13)22)25-11(27)9-32-2)20(31)26(8-12(28)29)10-6-4-3-5-7-10/h3-7H,8-9H2,1-2H3,(H,24,30)(H,25,27)(H,28,29). The lowest BCUT2D eigenvalue weighted by atomic mass is 10.1. The Morgan fingerprint density at radius 1 is 1.00 bits per heavy atom. The molecule has 0 atom stereocenters. The number of rotatable bonds is 8. The molecule has 3 N–H and O–H groups in total. The number of methoxy groups -OCH3 is 1. The highest BCUT2D eigenvalue weighted by Crippen LogP contribution is 2.37. The van der Waals surface area contributed by atoms with Gasteiger partial charge < -0.3 is 20.5 Å². The molecule has 0 aromatic heterocycles. The SMILES string of the molecule is CNC(=O)c1c(I)c(NC(=O)COC)c(I)c(C(=O)N(CC(=O)O)c2ccccc2)c1I. The minimum atomic E-state index is -1.20. The van der Waals surface area contributed by atoms with E-state index in [1.165, 1.54) is 14.2 Å². The molecule has 32 heavy (non-hydrogen) atoms. The number of carbonyl (C=O) groups excluding carboxylic acids is 3. The molecule has 2 aromatic carbocycles. The van der Waals surface area contributed by atoms with Gasteiger partial charge in [-0.2, -0.15) is 0 Å². The normalized spacial score (nSPS) is 10.4. The van der Waals surface area contributed by atoms with Gasteiger partial charge in [-0.15, -0.1) is 0 Å². The molecule has 0 saturated heterocycles. The van der Waals surface area contributed by atoms with Gasteiger partial charge in [0.05, 0.1) is 24.0 Å². The average Bonchev–Trinajstić information content (AvgIpc) is 2.75. The predicted molar refractivity (Wildman–Crippen MR) is 144 cm³/mol. The van der Waals surface area contributed by atoms with Gasteiger partial charge in [0.1, 0.15) is 13.2 Å². The summed E-state index contributed by atoms with van der Waals surface area (Å²) in [4.78, 5) is 51.1.